The molecule has 6 atom stereocenters. The Morgan fingerprint density at radius 2 is 2.08 bits per heavy atom. The fourth-order valence-corrected chi connectivity index (χ4v) is 7.30. The molecule has 6 heteroatoms. The molecule has 26 heavy (non-hydrogen) atoms. The number of piperidine rings is 1. The lowest BCUT2D eigenvalue weighted by Gasteiger charge is -2.50. The predicted octanol–water partition coefficient (Wildman–Crippen LogP) is 3.27. The summed E-state index contributed by atoms with van der Waals surface area (Å²) >= 11 is 1.69. The monoisotopic (exact) mass is 368 g/mol. The highest BCUT2D eigenvalue weighted by Gasteiger charge is 2.77. The third-order valence-electron chi connectivity index (χ3n) is 7.31. The van der Waals surface area contributed by atoms with Crippen molar-refractivity contribution in [1.29, 1.82) is 0 Å². The number of aliphatic imine (C=N–C) groups is 1. The van der Waals surface area contributed by atoms with E-state index in [0.29, 0.717) is 17.3 Å². The number of amidine groups is 1. The van der Waals surface area contributed by atoms with E-state index >= 15 is 0 Å². The number of hydrogen-bond acceptors (Lipinski definition) is 6. The van der Waals surface area contributed by atoms with Gasteiger partial charge in [-0.05, 0) is 36.3 Å². The van der Waals surface area contributed by atoms with Crippen LogP contribution in [0.4, 0.5) is 0 Å². The molecule has 1 aromatic carbocycles. The molecule has 6 unspecified atom stereocenters. The van der Waals surface area contributed by atoms with E-state index in [9.17, 15) is 0 Å². The summed E-state index contributed by atoms with van der Waals surface area (Å²) in [5.41, 5.74) is 4.37. The molecule has 3 bridgehead atoms. The standard InChI is InChI=1S/C18H18N4OS.C2H6/c1-2-4-13-12(3-1)19-16(24-13)15-20-18(23-21-15)11-6-17-9-22(8-11)7-10(17)5-14(17)18;1-2/h1-4,10-11,14H,5-9H2,(H,20,21);1-2H3. The summed E-state index contributed by atoms with van der Waals surface area (Å²) in [6, 6.07) is 8.27. The van der Waals surface area contributed by atoms with Crippen LogP contribution in [0.5, 0.6) is 0 Å². The molecule has 2 aliphatic carbocycles. The summed E-state index contributed by atoms with van der Waals surface area (Å²) in [4.78, 5) is 18.8. The van der Waals surface area contributed by atoms with Crippen molar-refractivity contribution in [1.82, 2.24) is 15.4 Å². The van der Waals surface area contributed by atoms with Gasteiger partial charge in [0.25, 0.3) is 0 Å². The van der Waals surface area contributed by atoms with Gasteiger partial charge in [-0.25, -0.2) is 20.3 Å². The smallest absolute Gasteiger partial charge is 0.195 e. The van der Waals surface area contributed by atoms with Gasteiger partial charge in [0.05, 0.1) is 10.2 Å². The van der Waals surface area contributed by atoms with Crippen LogP contribution in [0.3, 0.4) is 0 Å². The van der Waals surface area contributed by atoms with E-state index in [-0.39, 0.29) is 5.72 Å². The summed E-state index contributed by atoms with van der Waals surface area (Å²) < 4.78 is 1.20. The minimum Gasteiger partial charge on any atom is -0.302 e. The first kappa shape index (κ1) is 15.5. The lowest BCUT2D eigenvalue weighted by Crippen LogP contribution is -2.53. The van der Waals surface area contributed by atoms with Gasteiger partial charge in [-0.3, -0.25) is 0 Å². The first-order chi connectivity index (χ1) is 12.8. The molecule has 4 fully saturated rings. The third kappa shape index (κ3) is 1.69. The Hall–Kier alpha value is -1.50. The van der Waals surface area contributed by atoms with Gasteiger partial charge < -0.3 is 4.90 Å². The fraction of sp³-hybridized carbons (Fsp3) is 0.600. The lowest BCUT2D eigenvalue weighted by atomic mass is 9.55. The molecule has 1 aromatic heterocycles. The molecule has 7 rings (SSSR count). The Labute approximate surface area is 157 Å². The average Bonchev–Trinajstić information content (AvgIpc) is 3.37. The maximum absolute atomic E-state index is 6.26. The van der Waals surface area contributed by atoms with Gasteiger partial charge in [0, 0.05) is 31.5 Å². The second kappa shape index (κ2) is 5.06. The maximum atomic E-state index is 6.26. The van der Waals surface area contributed by atoms with Crippen molar-refractivity contribution in [3.8, 4) is 0 Å². The molecular formula is C20H24N4OS. The van der Waals surface area contributed by atoms with Crippen molar-refractivity contribution in [3.63, 3.8) is 0 Å². The van der Waals surface area contributed by atoms with Gasteiger partial charge in [-0.1, -0.05) is 26.0 Å². The Balaban J connectivity index is 0.000000666. The van der Waals surface area contributed by atoms with Crippen LogP contribution in [-0.4, -0.2) is 41.1 Å². The van der Waals surface area contributed by atoms with Crippen LogP contribution < -0.4 is 5.48 Å². The number of para-hydroxylation sites is 1. The minimum absolute atomic E-state index is 0.334. The molecule has 2 saturated carbocycles. The van der Waals surface area contributed by atoms with Crippen molar-refractivity contribution in [3.05, 3.63) is 29.3 Å². The van der Waals surface area contributed by atoms with E-state index in [1.807, 2.05) is 19.9 Å². The zero-order valence-corrected chi connectivity index (χ0v) is 16.1. The van der Waals surface area contributed by atoms with Crippen molar-refractivity contribution in [2.24, 2.45) is 28.2 Å². The van der Waals surface area contributed by atoms with Crippen LogP contribution in [0, 0.1) is 23.2 Å². The molecular weight excluding hydrogens is 344 g/mol. The number of hydroxylamine groups is 1. The number of rotatable bonds is 1. The molecule has 3 aliphatic heterocycles. The average molecular weight is 369 g/mol. The van der Waals surface area contributed by atoms with Crippen LogP contribution in [-0.2, 0) is 4.84 Å². The molecule has 136 valence electrons. The van der Waals surface area contributed by atoms with E-state index in [2.05, 4.69) is 28.6 Å². The van der Waals surface area contributed by atoms with Crippen molar-refractivity contribution < 1.29 is 4.84 Å². The molecule has 2 spiro atoms. The number of fused-ring (bicyclic) bond motifs is 5. The second-order valence-corrected chi connectivity index (χ2v) is 9.25. The molecule has 5 nitrogen and oxygen atoms in total. The van der Waals surface area contributed by atoms with Crippen LogP contribution in [0.15, 0.2) is 29.3 Å². The SMILES string of the molecule is CC.c1ccc2sc(C3=NC4(ON3)C3CN5CC6CC4C6(C3)C5)nc2c1. The molecule has 0 radical (unpaired) electrons. The predicted molar refractivity (Wildman–Crippen MR) is 103 cm³/mol. The zero-order chi connectivity index (χ0) is 17.5. The van der Waals surface area contributed by atoms with Gasteiger partial charge in [-0.15, -0.1) is 11.3 Å². The Bertz CT molecular complexity index is 892. The van der Waals surface area contributed by atoms with E-state index in [1.165, 1.54) is 30.6 Å². The second-order valence-electron chi connectivity index (χ2n) is 8.22. The number of nitrogens with one attached hydrogen (secondary N) is 1. The Morgan fingerprint density at radius 1 is 1.23 bits per heavy atom. The lowest BCUT2D eigenvalue weighted by molar-refractivity contribution is -0.152. The topological polar surface area (TPSA) is 49.8 Å². The highest BCUT2D eigenvalue weighted by Crippen LogP contribution is 2.73. The molecule has 2 aromatic rings. The van der Waals surface area contributed by atoms with Gasteiger partial charge >= 0.3 is 0 Å². The van der Waals surface area contributed by atoms with Gasteiger partial charge in [0.15, 0.2) is 16.6 Å². The van der Waals surface area contributed by atoms with Crippen LogP contribution in [0.2, 0.25) is 0 Å². The van der Waals surface area contributed by atoms with E-state index in [1.54, 1.807) is 11.3 Å². The van der Waals surface area contributed by atoms with Crippen LogP contribution >= 0.6 is 11.3 Å². The quantitative estimate of drug-likeness (QED) is 0.839. The molecule has 4 heterocycles. The zero-order valence-electron chi connectivity index (χ0n) is 15.2. The van der Waals surface area contributed by atoms with Gasteiger partial charge in [-0.2, -0.15) is 0 Å². The molecule has 0 amide bonds. The highest BCUT2D eigenvalue weighted by molar-refractivity contribution is 7.20. The van der Waals surface area contributed by atoms with Gasteiger partial charge in [0.2, 0.25) is 0 Å². The number of nitrogens with zero attached hydrogens (tertiary/aromatic N) is 3. The van der Waals surface area contributed by atoms with Crippen molar-refractivity contribution >= 4 is 27.4 Å². The van der Waals surface area contributed by atoms with E-state index < -0.39 is 0 Å². The Kier molecular flexibility index (Phi) is 3.02. The summed E-state index contributed by atoms with van der Waals surface area (Å²) in [6.45, 7) is 7.73. The van der Waals surface area contributed by atoms with Crippen molar-refractivity contribution in [2.45, 2.75) is 32.4 Å². The van der Waals surface area contributed by atoms with Crippen molar-refractivity contribution in [2.75, 3.05) is 19.6 Å². The summed E-state index contributed by atoms with van der Waals surface area (Å²) in [5.74, 6) is 2.85. The van der Waals surface area contributed by atoms with Crippen LogP contribution in [0.25, 0.3) is 10.2 Å². The molecule has 5 aliphatic rings. The third-order valence-corrected chi connectivity index (χ3v) is 8.35. The summed E-state index contributed by atoms with van der Waals surface area (Å²) in [5, 5.41) is 0.952. The van der Waals surface area contributed by atoms with Gasteiger partial charge in [0.1, 0.15) is 0 Å². The number of thiazole rings is 1. The first-order valence-electron chi connectivity index (χ1n) is 9.89. The summed E-state index contributed by atoms with van der Waals surface area (Å²) in [6.07, 6.45) is 2.59. The highest BCUT2D eigenvalue weighted by atomic mass is 32.1. The summed E-state index contributed by atoms with van der Waals surface area (Å²) in [7, 11) is 0. The number of benzene rings is 1. The first-order valence-corrected chi connectivity index (χ1v) is 10.7. The normalized spacial score (nSPS) is 43.7. The van der Waals surface area contributed by atoms with Crippen LogP contribution in [0.1, 0.15) is 31.7 Å². The number of hydrogen-bond donors (Lipinski definition) is 1. The minimum atomic E-state index is -0.334. The largest absolute Gasteiger partial charge is 0.302 e. The fourth-order valence-electron chi connectivity index (χ4n) is 6.40. The maximum Gasteiger partial charge on any atom is 0.195 e. The van der Waals surface area contributed by atoms with E-state index in [4.69, 9.17) is 14.8 Å². The Morgan fingerprint density at radius 3 is 2.96 bits per heavy atom. The van der Waals surface area contributed by atoms with E-state index in [0.717, 1.165) is 28.8 Å². The molecule has 2 saturated heterocycles. The molecule has 1 N–H and O–H groups in total. The number of aromatic nitrogens is 1.